The van der Waals surface area contributed by atoms with Crippen LogP contribution in [0.25, 0.3) is 11.1 Å². The Kier molecular flexibility index (Phi) is 2.63. The summed E-state index contributed by atoms with van der Waals surface area (Å²) in [7, 11) is 1.80. The van der Waals surface area contributed by atoms with Gasteiger partial charge in [0, 0.05) is 37.1 Å². The van der Waals surface area contributed by atoms with E-state index in [0.29, 0.717) is 16.6 Å². The van der Waals surface area contributed by atoms with Crippen LogP contribution in [0.4, 0.5) is 5.82 Å². The summed E-state index contributed by atoms with van der Waals surface area (Å²) in [6.45, 7) is 0. The minimum atomic E-state index is -0.481. The van der Waals surface area contributed by atoms with Crippen LogP contribution in [-0.4, -0.2) is 15.6 Å². The van der Waals surface area contributed by atoms with E-state index in [1.54, 1.807) is 17.9 Å². The Labute approximate surface area is 127 Å². The average Bonchev–Trinajstić information content (AvgIpc) is 3.12. The average molecular weight is 306 g/mol. The standard InChI is InChI=1S/C15H16ClN3O2/c1-19-14(17)10(8-18-19)9-6-12-13(7-11(9)16)21-15(20-12)4-2-3-5-15/h6-8H,2-5,17H2,1H3. The maximum absolute atomic E-state index is 6.39. The van der Waals surface area contributed by atoms with Gasteiger partial charge < -0.3 is 15.2 Å². The van der Waals surface area contributed by atoms with E-state index in [1.165, 1.54) is 0 Å². The van der Waals surface area contributed by atoms with Crippen LogP contribution < -0.4 is 15.2 Å². The second-order valence-electron chi connectivity index (χ2n) is 5.67. The Bertz CT molecular complexity index is 720. The molecule has 2 N–H and O–H groups in total. The fourth-order valence-electron chi connectivity index (χ4n) is 3.09. The van der Waals surface area contributed by atoms with Crippen molar-refractivity contribution in [2.24, 2.45) is 7.05 Å². The maximum atomic E-state index is 6.39. The van der Waals surface area contributed by atoms with E-state index in [1.807, 2.05) is 12.1 Å². The maximum Gasteiger partial charge on any atom is 0.251 e. The number of rotatable bonds is 1. The van der Waals surface area contributed by atoms with E-state index < -0.39 is 5.79 Å². The number of hydrogen-bond donors (Lipinski definition) is 1. The smallest absolute Gasteiger partial charge is 0.251 e. The number of nitrogens with two attached hydrogens (primary N) is 1. The molecule has 2 heterocycles. The number of nitrogen functional groups attached to an aromatic ring is 1. The van der Waals surface area contributed by atoms with Crippen molar-refractivity contribution in [2.45, 2.75) is 31.5 Å². The van der Waals surface area contributed by atoms with Gasteiger partial charge in [0.1, 0.15) is 5.82 Å². The van der Waals surface area contributed by atoms with Gasteiger partial charge in [-0.05, 0) is 18.9 Å². The predicted molar refractivity (Wildman–Crippen MR) is 80.5 cm³/mol. The van der Waals surface area contributed by atoms with Gasteiger partial charge >= 0.3 is 0 Å². The first-order valence-electron chi connectivity index (χ1n) is 7.07. The highest BCUT2D eigenvalue weighted by Gasteiger charge is 2.44. The molecule has 0 saturated heterocycles. The predicted octanol–water partition coefficient (Wildman–Crippen LogP) is 3.36. The second kappa shape index (κ2) is 4.31. The van der Waals surface area contributed by atoms with Crippen molar-refractivity contribution >= 4 is 17.4 Å². The van der Waals surface area contributed by atoms with Gasteiger partial charge in [-0.2, -0.15) is 5.10 Å². The zero-order valence-electron chi connectivity index (χ0n) is 11.7. The molecular weight excluding hydrogens is 290 g/mol. The number of fused-ring (bicyclic) bond motifs is 1. The van der Waals surface area contributed by atoms with E-state index >= 15 is 0 Å². The molecule has 5 nitrogen and oxygen atoms in total. The summed E-state index contributed by atoms with van der Waals surface area (Å²) in [5, 5.41) is 4.75. The number of halogens is 1. The molecule has 6 heteroatoms. The third-order valence-electron chi connectivity index (χ3n) is 4.27. The summed E-state index contributed by atoms with van der Waals surface area (Å²) >= 11 is 6.39. The molecule has 110 valence electrons. The van der Waals surface area contributed by atoms with Crippen molar-refractivity contribution in [2.75, 3.05) is 5.73 Å². The number of aryl methyl sites for hydroxylation is 1. The van der Waals surface area contributed by atoms with Gasteiger partial charge in [-0.25, -0.2) is 0 Å². The fraction of sp³-hybridized carbons (Fsp3) is 0.400. The molecule has 1 saturated carbocycles. The molecule has 0 bridgehead atoms. The van der Waals surface area contributed by atoms with Gasteiger partial charge in [-0.15, -0.1) is 0 Å². The van der Waals surface area contributed by atoms with Crippen LogP contribution in [0.15, 0.2) is 18.3 Å². The number of hydrogen-bond acceptors (Lipinski definition) is 4. The van der Waals surface area contributed by atoms with Crippen LogP contribution in [0, 0.1) is 0 Å². The van der Waals surface area contributed by atoms with E-state index in [9.17, 15) is 0 Å². The highest BCUT2D eigenvalue weighted by atomic mass is 35.5. The summed E-state index contributed by atoms with van der Waals surface area (Å²) in [6.07, 6.45) is 5.81. The topological polar surface area (TPSA) is 62.3 Å². The lowest BCUT2D eigenvalue weighted by molar-refractivity contribution is -0.0716. The molecule has 4 rings (SSSR count). The summed E-state index contributed by atoms with van der Waals surface area (Å²) in [6, 6.07) is 3.71. The Morgan fingerprint density at radius 3 is 2.48 bits per heavy atom. The zero-order chi connectivity index (χ0) is 14.6. The van der Waals surface area contributed by atoms with E-state index in [4.69, 9.17) is 26.8 Å². The lowest BCUT2D eigenvalue weighted by atomic mass is 10.1. The molecule has 0 radical (unpaired) electrons. The van der Waals surface area contributed by atoms with Gasteiger partial charge in [0.2, 0.25) is 0 Å². The van der Waals surface area contributed by atoms with Crippen LogP contribution >= 0.6 is 11.6 Å². The molecule has 1 aliphatic carbocycles. The molecule has 1 spiro atoms. The Morgan fingerprint density at radius 2 is 1.86 bits per heavy atom. The highest BCUT2D eigenvalue weighted by Crippen LogP contribution is 2.50. The summed E-state index contributed by atoms with van der Waals surface area (Å²) < 4.78 is 13.7. The number of ether oxygens (including phenoxy) is 2. The Morgan fingerprint density at radius 1 is 1.19 bits per heavy atom. The summed E-state index contributed by atoms with van der Waals surface area (Å²) in [5.41, 5.74) is 7.66. The van der Waals surface area contributed by atoms with E-state index in [-0.39, 0.29) is 0 Å². The normalized spacial score (nSPS) is 18.6. The molecule has 2 aromatic rings. The van der Waals surface area contributed by atoms with Crippen molar-refractivity contribution < 1.29 is 9.47 Å². The molecule has 21 heavy (non-hydrogen) atoms. The summed E-state index contributed by atoms with van der Waals surface area (Å²) in [5.74, 6) is 1.55. The van der Waals surface area contributed by atoms with Gasteiger partial charge in [-0.1, -0.05) is 11.6 Å². The monoisotopic (exact) mass is 305 g/mol. The molecule has 1 fully saturated rings. The van der Waals surface area contributed by atoms with Gasteiger partial charge in [-0.3, -0.25) is 4.68 Å². The Hall–Kier alpha value is -1.88. The molecule has 2 aliphatic rings. The molecular formula is C15H16ClN3O2. The van der Waals surface area contributed by atoms with E-state index in [0.717, 1.165) is 42.6 Å². The zero-order valence-corrected chi connectivity index (χ0v) is 12.5. The van der Waals surface area contributed by atoms with Crippen molar-refractivity contribution in [3.8, 4) is 22.6 Å². The van der Waals surface area contributed by atoms with Gasteiger partial charge in [0.05, 0.1) is 11.2 Å². The van der Waals surface area contributed by atoms with Crippen molar-refractivity contribution in [1.82, 2.24) is 9.78 Å². The molecule has 1 aliphatic heterocycles. The molecule has 0 amide bonds. The minimum absolute atomic E-state index is 0.481. The quantitative estimate of drug-likeness (QED) is 0.877. The molecule has 0 unspecified atom stereocenters. The highest BCUT2D eigenvalue weighted by molar-refractivity contribution is 6.33. The fourth-order valence-corrected chi connectivity index (χ4v) is 3.35. The largest absolute Gasteiger partial charge is 0.448 e. The molecule has 1 aromatic carbocycles. The first-order valence-corrected chi connectivity index (χ1v) is 7.45. The Balaban J connectivity index is 1.78. The van der Waals surface area contributed by atoms with Crippen LogP contribution in [0.2, 0.25) is 5.02 Å². The number of aromatic nitrogens is 2. The van der Waals surface area contributed by atoms with Crippen molar-refractivity contribution in [3.05, 3.63) is 23.4 Å². The number of nitrogens with zero attached hydrogens (tertiary/aromatic N) is 2. The minimum Gasteiger partial charge on any atom is -0.448 e. The third-order valence-corrected chi connectivity index (χ3v) is 4.58. The molecule has 0 atom stereocenters. The SMILES string of the molecule is Cn1ncc(-c2cc3c(cc2Cl)OC2(CCCC2)O3)c1N. The van der Waals surface area contributed by atoms with Crippen molar-refractivity contribution in [3.63, 3.8) is 0 Å². The van der Waals surface area contributed by atoms with Crippen LogP contribution in [0.3, 0.4) is 0 Å². The van der Waals surface area contributed by atoms with Crippen LogP contribution in [0.1, 0.15) is 25.7 Å². The van der Waals surface area contributed by atoms with Gasteiger partial charge in [0.15, 0.2) is 11.5 Å². The third kappa shape index (κ3) is 1.87. The van der Waals surface area contributed by atoms with Gasteiger partial charge in [0.25, 0.3) is 5.79 Å². The summed E-state index contributed by atoms with van der Waals surface area (Å²) in [4.78, 5) is 0. The second-order valence-corrected chi connectivity index (χ2v) is 6.07. The van der Waals surface area contributed by atoms with Crippen molar-refractivity contribution in [1.29, 1.82) is 0 Å². The first-order chi connectivity index (χ1) is 10.1. The molecule has 1 aromatic heterocycles. The van der Waals surface area contributed by atoms with E-state index in [2.05, 4.69) is 5.10 Å². The van der Waals surface area contributed by atoms with Crippen LogP contribution in [-0.2, 0) is 7.05 Å². The van der Waals surface area contributed by atoms with Crippen LogP contribution in [0.5, 0.6) is 11.5 Å². The lowest BCUT2D eigenvalue weighted by Gasteiger charge is -2.21. The number of anilines is 1. The first kappa shape index (κ1) is 12.8. The lowest BCUT2D eigenvalue weighted by Crippen LogP contribution is -2.34. The number of benzene rings is 1.